The molecule has 0 spiro atoms. The molecule has 4 rings (SSSR count). The van der Waals surface area contributed by atoms with Crippen LogP contribution in [-0.4, -0.2) is 21.9 Å². The highest BCUT2D eigenvalue weighted by Crippen LogP contribution is 2.67. The van der Waals surface area contributed by atoms with Gasteiger partial charge >= 0.3 is 0 Å². The van der Waals surface area contributed by atoms with Crippen molar-refractivity contribution >= 4 is 0 Å². The minimum atomic E-state index is -0.489. The third kappa shape index (κ3) is 3.31. The van der Waals surface area contributed by atoms with Crippen LogP contribution >= 0.6 is 0 Å². The molecule has 8 atom stereocenters. The molecule has 160 valence electrons. The van der Waals surface area contributed by atoms with Gasteiger partial charge in [0.2, 0.25) is 0 Å². The molecule has 4 unspecified atom stereocenters. The van der Waals surface area contributed by atoms with Gasteiger partial charge in [-0.2, -0.15) is 0 Å². The molecule has 0 aromatic carbocycles. The van der Waals surface area contributed by atoms with E-state index in [9.17, 15) is 10.2 Å². The molecule has 0 amide bonds. The Labute approximate surface area is 173 Å². The quantitative estimate of drug-likeness (QED) is 0.570. The number of hydrogen-bond donors (Lipinski definition) is 2. The lowest BCUT2D eigenvalue weighted by Crippen LogP contribution is -2.51. The number of allylic oxidation sites excluding steroid dienone is 1. The lowest BCUT2D eigenvalue weighted by atomic mass is 9.46. The fraction of sp³-hybridized carbons (Fsp3) is 0.923. The number of aliphatic hydroxyl groups excluding tert-OH is 1. The maximum atomic E-state index is 10.6. The summed E-state index contributed by atoms with van der Waals surface area (Å²) in [5.74, 6) is 3.71. The molecule has 4 aliphatic carbocycles. The largest absolute Gasteiger partial charge is 0.393 e. The van der Waals surface area contributed by atoms with Crippen LogP contribution in [-0.2, 0) is 0 Å². The molecule has 2 heteroatoms. The lowest BCUT2D eigenvalue weighted by molar-refractivity contribution is -0.0670. The summed E-state index contributed by atoms with van der Waals surface area (Å²) in [4.78, 5) is 0. The zero-order valence-corrected chi connectivity index (χ0v) is 19.0. The third-order valence-corrected chi connectivity index (χ3v) is 10.2. The van der Waals surface area contributed by atoms with Gasteiger partial charge in [0.25, 0.3) is 0 Å². The molecule has 3 fully saturated rings. The minimum Gasteiger partial charge on any atom is -0.393 e. The number of rotatable bonds is 4. The Kier molecular flexibility index (Phi) is 5.32. The van der Waals surface area contributed by atoms with Crippen LogP contribution < -0.4 is 0 Å². The first-order valence-corrected chi connectivity index (χ1v) is 12.2. The molecule has 0 heterocycles. The van der Waals surface area contributed by atoms with Gasteiger partial charge in [-0.25, -0.2) is 0 Å². The molecule has 2 nitrogen and oxygen atoms in total. The summed E-state index contributed by atoms with van der Waals surface area (Å²) >= 11 is 0. The van der Waals surface area contributed by atoms with Crippen molar-refractivity contribution < 1.29 is 10.2 Å². The second-order valence-electron chi connectivity index (χ2n) is 12.1. The summed E-state index contributed by atoms with van der Waals surface area (Å²) in [5.41, 5.74) is 1.90. The van der Waals surface area contributed by atoms with Gasteiger partial charge in [-0.15, -0.1) is 0 Å². The Balaban J connectivity index is 1.51. The molecule has 2 N–H and O–H groups in total. The van der Waals surface area contributed by atoms with Crippen molar-refractivity contribution in [1.29, 1.82) is 0 Å². The second kappa shape index (κ2) is 7.12. The Bertz CT molecular complexity index is 620. The van der Waals surface area contributed by atoms with E-state index in [0.717, 1.165) is 42.9 Å². The Hall–Kier alpha value is -0.340. The van der Waals surface area contributed by atoms with Gasteiger partial charge in [0, 0.05) is 0 Å². The van der Waals surface area contributed by atoms with Crippen molar-refractivity contribution in [3.8, 4) is 0 Å². The first-order chi connectivity index (χ1) is 13.1. The van der Waals surface area contributed by atoms with E-state index < -0.39 is 5.60 Å². The molecular formula is C26H44O2. The fourth-order valence-electron chi connectivity index (χ4n) is 8.09. The first kappa shape index (κ1) is 20.9. The van der Waals surface area contributed by atoms with Gasteiger partial charge in [-0.3, -0.25) is 0 Å². The van der Waals surface area contributed by atoms with Gasteiger partial charge in [0.1, 0.15) is 0 Å². The van der Waals surface area contributed by atoms with Crippen molar-refractivity contribution in [1.82, 2.24) is 0 Å². The van der Waals surface area contributed by atoms with Crippen LogP contribution in [0.3, 0.4) is 0 Å². The third-order valence-electron chi connectivity index (χ3n) is 10.2. The van der Waals surface area contributed by atoms with Crippen LogP contribution in [0.4, 0.5) is 0 Å². The average molecular weight is 389 g/mol. The van der Waals surface area contributed by atoms with E-state index in [2.05, 4.69) is 33.8 Å². The van der Waals surface area contributed by atoms with Gasteiger partial charge in [0.05, 0.1) is 11.7 Å². The standard InChI is InChI=1S/C26H44O2/c1-17(2)23(27)11-8-18-7-10-21-20-9-6-19-16-24(3,28)14-15-26(19,5)22(20)12-13-25(18,21)4/h6,17-18,20-23,27-28H,7-16H2,1-5H3/t18-,20?,21?,22?,23?,24+,25-,26+/m1/s1. The molecule has 0 aromatic rings. The van der Waals surface area contributed by atoms with Crippen LogP contribution in [0.15, 0.2) is 11.6 Å². The molecule has 0 radical (unpaired) electrons. The Morgan fingerprint density at radius 1 is 1.04 bits per heavy atom. The van der Waals surface area contributed by atoms with E-state index in [1.54, 1.807) is 5.57 Å². The van der Waals surface area contributed by atoms with E-state index >= 15 is 0 Å². The van der Waals surface area contributed by atoms with Crippen LogP contribution in [0, 0.1) is 40.4 Å². The zero-order valence-electron chi connectivity index (χ0n) is 19.0. The van der Waals surface area contributed by atoms with Crippen LogP contribution in [0.2, 0.25) is 0 Å². The predicted octanol–water partition coefficient (Wildman–Crippen LogP) is 6.11. The maximum Gasteiger partial charge on any atom is 0.0657 e. The molecule has 0 aromatic heterocycles. The van der Waals surface area contributed by atoms with Gasteiger partial charge in [-0.05, 0) is 112 Å². The Morgan fingerprint density at radius 2 is 1.79 bits per heavy atom. The van der Waals surface area contributed by atoms with Crippen LogP contribution in [0.1, 0.15) is 98.8 Å². The lowest BCUT2D eigenvalue weighted by Gasteiger charge is -2.59. The SMILES string of the molecule is CC(C)C(O)CC[C@H]1CCC2C3CC=C4C[C@@](C)(O)CC[C@]4(C)C3CC[C@@]21C. The van der Waals surface area contributed by atoms with E-state index in [4.69, 9.17) is 0 Å². The zero-order chi connectivity index (χ0) is 20.3. The monoisotopic (exact) mass is 388 g/mol. The predicted molar refractivity (Wildman–Crippen MR) is 116 cm³/mol. The smallest absolute Gasteiger partial charge is 0.0657 e. The van der Waals surface area contributed by atoms with Crippen molar-refractivity contribution in [3.05, 3.63) is 11.6 Å². The Morgan fingerprint density at radius 3 is 2.50 bits per heavy atom. The maximum absolute atomic E-state index is 10.6. The van der Waals surface area contributed by atoms with Gasteiger partial charge < -0.3 is 10.2 Å². The molecular weight excluding hydrogens is 344 g/mol. The van der Waals surface area contributed by atoms with E-state index in [1.165, 1.54) is 44.9 Å². The minimum absolute atomic E-state index is 0.131. The van der Waals surface area contributed by atoms with Crippen molar-refractivity contribution in [2.24, 2.45) is 40.4 Å². The molecule has 0 saturated heterocycles. The summed E-state index contributed by atoms with van der Waals surface area (Å²) in [7, 11) is 0. The fourth-order valence-corrected chi connectivity index (χ4v) is 8.09. The van der Waals surface area contributed by atoms with E-state index in [0.29, 0.717) is 16.7 Å². The molecule has 3 saturated carbocycles. The van der Waals surface area contributed by atoms with Gasteiger partial charge in [0.15, 0.2) is 0 Å². The van der Waals surface area contributed by atoms with Crippen molar-refractivity contribution in [2.75, 3.05) is 0 Å². The molecule has 0 aliphatic heterocycles. The highest BCUT2D eigenvalue weighted by atomic mass is 16.3. The first-order valence-electron chi connectivity index (χ1n) is 12.2. The van der Waals surface area contributed by atoms with E-state index in [-0.39, 0.29) is 6.10 Å². The summed E-state index contributed by atoms with van der Waals surface area (Å²) in [6.45, 7) is 11.4. The molecule has 28 heavy (non-hydrogen) atoms. The van der Waals surface area contributed by atoms with Crippen molar-refractivity contribution in [2.45, 2.75) is 111 Å². The summed E-state index contributed by atoms with van der Waals surface area (Å²) in [5, 5.41) is 21.0. The number of fused-ring (bicyclic) bond motifs is 5. The number of aliphatic hydroxyl groups is 2. The average Bonchev–Trinajstić information content (AvgIpc) is 2.96. The van der Waals surface area contributed by atoms with Crippen molar-refractivity contribution in [3.63, 3.8) is 0 Å². The second-order valence-corrected chi connectivity index (χ2v) is 12.1. The normalized spacial score (nSPS) is 49.2. The molecule has 0 bridgehead atoms. The highest BCUT2D eigenvalue weighted by molar-refractivity contribution is 5.26. The highest BCUT2D eigenvalue weighted by Gasteiger charge is 2.58. The summed E-state index contributed by atoms with van der Waals surface area (Å²) < 4.78 is 0. The van der Waals surface area contributed by atoms with Crippen LogP contribution in [0.5, 0.6) is 0 Å². The summed E-state index contributed by atoms with van der Waals surface area (Å²) in [6, 6.07) is 0. The topological polar surface area (TPSA) is 40.5 Å². The summed E-state index contributed by atoms with van der Waals surface area (Å²) in [6.07, 6.45) is 14.4. The van der Waals surface area contributed by atoms with Crippen LogP contribution in [0.25, 0.3) is 0 Å². The molecule has 4 aliphatic rings. The van der Waals surface area contributed by atoms with Gasteiger partial charge in [-0.1, -0.05) is 39.3 Å². The van der Waals surface area contributed by atoms with E-state index in [1.807, 2.05) is 6.92 Å². The number of hydrogen-bond acceptors (Lipinski definition) is 2.